The molecule has 8 heteroatoms. The number of benzene rings is 2. The Labute approximate surface area is 150 Å². The second-order valence-corrected chi connectivity index (χ2v) is 5.72. The topological polar surface area (TPSA) is 105 Å². The first-order valence-corrected chi connectivity index (χ1v) is 7.77. The molecular weight excluding hydrogens is 339 g/mol. The Hall–Kier alpha value is -3.26. The minimum Gasteiger partial charge on any atom is -0.366 e. The van der Waals surface area contributed by atoms with Gasteiger partial charge in [0.2, 0.25) is 17.7 Å². The van der Waals surface area contributed by atoms with Gasteiger partial charge in [0.15, 0.2) is 0 Å². The van der Waals surface area contributed by atoms with Crippen molar-refractivity contribution >= 4 is 29.1 Å². The van der Waals surface area contributed by atoms with Crippen LogP contribution in [0.2, 0.25) is 0 Å². The number of primary amides is 1. The first-order chi connectivity index (χ1) is 12.3. The molecule has 2 aromatic carbocycles. The molecular formula is C18H19FN4O3. The lowest BCUT2D eigenvalue weighted by molar-refractivity contribution is -0.119. The summed E-state index contributed by atoms with van der Waals surface area (Å²) in [6, 6.07) is 11.7. The van der Waals surface area contributed by atoms with Crippen molar-refractivity contribution in [2.45, 2.75) is 0 Å². The average molecular weight is 358 g/mol. The number of nitrogens with two attached hydrogens (primary N) is 1. The molecule has 0 heterocycles. The molecule has 0 aromatic heterocycles. The first-order valence-electron chi connectivity index (χ1n) is 7.77. The predicted molar refractivity (Wildman–Crippen MR) is 96.1 cm³/mol. The molecule has 3 amide bonds. The van der Waals surface area contributed by atoms with Crippen molar-refractivity contribution in [1.82, 2.24) is 4.90 Å². The molecule has 0 unspecified atom stereocenters. The van der Waals surface area contributed by atoms with Gasteiger partial charge in [-0.2, -0.15) is 0 Å². The summed E-state index contributed by atoms with van der Waals surface area (Å²) in [7, 11) is 1.61. The largest absolute Gasteiger partial charge is 0.366 e. The summed E-state index contributed by atoms with van der Waals surface area (Å²) in [5.41, 5.74) is 6.35. The van der Waals surface area contributed by atoms with Gasteiger partial charge in [0.05, 0.1) is 13.1 Å². The van der Waals surface area contributed by atoms with Gasteiger partial charge < -0.3 is 16.4 Å². The second-order valence-electron chi connectivity index (χ2n) is 5.72. The minimum absolute atomic E-state index is 0.0197. The molecule has 2 aromatic rings. The van der Waals surface area contributed by atoms with E-state index in [1.54, 1.807) is 25.2 Å². The van der Waals surface area contributed by atoms with Crippen molar-refractivity contribution in [3.05, 3.63) is 59.9 Å². The molecule has 0 saturated heterocycles. The van der Waals surface area contributed by atoms with Crippen molar-refractivity contribution in [1.29, 1.82) is 0 Å². The van der Waals surface area contributed by atoms with Crippen molar-refractivity contribution in [3.63, 3.8) is 0 Å². The van der Waals surface area contributed by atoms with Crippen molar-refractivity contribution in [3.8, 4) is 0 Å². The van der Waals surface area contributed by atoms with E-state index >= 15 is 0 Å². The lowest BCUT2D eigenvalue weighted by Crippen LogP contribution is -2.36. The number of anilines is 2. The first kappa shape index (κ1) is 19.1. The van der Waals surface area contributed by atoms with Crippen LogP contribution in [0.1, 0.15) is 10.4 Å². The number of carbonyl (C=O) groups is 3. The maximum absolute atomic E-state index is 13.1. The molecule has 0 bridgehead atoms. The van der Waals surface area contributed by atoms with Gasteiger partial charge in [0.25, 0.3) is 0 Å². The van der Waals surface area contributed by atoms with Crippen LogP contribution >= 0.6 is 0 Å². The van der Waals surface area contributed by atoms with E-state index in [1.807, 2.05) is 0 Å². The average Bonchev–Trinajstić information content (AvgIpc) is 2.54. The van der Waals surface area contributed by atoms with E-state index in [0.29, 0.717) is 16.9 Å². The van der Waals surface area contributed by atoms with Gasteiger partial charge in [-0.25, -0.2) is 4.39 Å². The number of nitrogens with one attached hydrogen (secondary N) is 2. The highest BCUT2D eigenvalue weighted by Crippen LogP contribution is 2.10. The third-order valence-corrected chi connectivity index (χ3v) is 3.39. The van der Waals surface area contributed by atoms with E-state index in [1.165, 1.54) is 35.2 Å². The van der Waals surface area contributed by atoms with Crippen molar-refractivity contribution in [2.75, 3.05) is 30.8 Å². The molecule has 0 atom stereocenters. The van der Waals surface area contributed by atoms with Crippen molar-refractivity contribution < 1.29 is 18.8 Å². The summed E-state index contributed by atoms with van der Waals surface area (Å²) in [4.78, 5) is 36.4. The molecule has 0 radical (unpaired) electrons. The normalized spacial score (nSPS) is 10.4. The molecule has 0 aliphatic heterocycles. The number of amides is 3. The van der Waals surface area contributed by atoms with E-state index in [-0.39, 0.29) is 24.9 Å². The maximum atomic E-state index is 13.1. The van der Waals surface area contributed by atoms with E-state index in [4.69, 9.17) is 5.73 Å². The fourth-order valence-electron chi connectivity index (χ4n) is 2.23. The number of rotatable bonds is 7. The number of nitrogens with zero attached hydrogens (tertiary/aromatic N) is 1. The fraction of sp³-hybridized carbons (Fsp3) is 0.167. The van der Waals surface area contributed by atoms with Crippen molar-refractivity contribution in [2.24, 2.45) is 5.73 Å². The summed E-state index contributed by atoms with van der Waals surface area (Å²) in [5, 5.41) is 5.21. The smallest absolute Gasteiger partial charge is 0.248 e. The van der Waals surface area contributed by atoms with Gasteiger partial charge in [-0.05, 0) is 49.5 Å². The van der Waals surface area contributed by atoms with E-state index in [2.05, 4.69) is 10.6 Å². The van der Waals surface area contributed by atoms with Crippen LogP contribution in [-0.4, -0.2) is 42.8 Å². The van der Waals surface area contributed by atoms with Gasteiger partial charge in [0, 0.05) is 16.9 Å². The second kappa shape index (κ2) is 8.72. The summed E-state index contributed by atoms with van der Waals surface area (Å²) in [6.07, 6.45) is 0. The van der Waals surface area contributed by atoms with Crippen LogP contribution in [0.5, 0.6) is 0 Å². The highest BCUT2D eigenvalue weighted by Gasteiger charge is 2.12. The van der Waals surface area contributed by atoms with Crippen LogP contribution in [0, 0.1) is 5.82 Å². The minimum atomic E-state index is -0.549. The fourth-order valence-corrected chi connectivity index (χ4v) is 2.23. The van der Waals surface area contributed by atoms with Crippen LogP contribution in [0.3, 0.4) is 0 Å². The Bertz CT molecular complexity index is 808. The zero-order chi connectivity index (χ0) is 19.1. The number of carbonyl (C=O) groups excluding carboxylic acids is 3. The van der Waals surface area contributed by atoms with Crippen LogP contribution in [0.25, 0.3) is 0 Å². The molecule has 4 N–H and O–H groups in total. The highest BCUT2D eigenvalue weighted by atomic mass is 19.1. The van der Waals surface area contributed by atoms with Gasteiger partial charge in [-0.3, -0.25) is 19.3 Å². The summed E-state index contributed by atoms with van der Waals surface area (Å²) >= 11 is 0. The molecule has 26 heavy (non-hydrogen) atoms. The zero-order valence-electron chi connectivity index (χ0n) is 14.2. The van der Waals surface area contributed by atoms with Crippen LogP contribution < -0.4 is 16.4 Å². The Balaban J connectivity index is 1.80. The molecule has 0 aliphatic carbocycles. The van der Waals surface area contributed by atoms with Gasteiger partial charge >= 0.3 is 0 Å². The summed E-state index contributed by atoms with van der Waals surface area (Å²) < 4.78 is 13.1. The van der Waals surface area contributed by atoms with E-state index in [9.17, 15) is 18.8 Å². The predicted octanol–water partition coefficient (Wildman–Crippen LogP) is 1.43. The van der Waals surface area contributed by atoms with Crippen LogP contribution in [-0.2, 0) is 9.59 Å². The Kier molecular flexibility index (Phi) is 6.40. The number of likely N-dealkylation sites (N-methyl/N-ethyl adjacent to an activating group) is 1. The quantitative estimate of drug-likeness (QED) is 0.696. The van der Waals surface area contributed by atoms with Gasteiger partial charge in [0.1, 0.15) is 5.82 Å². The molecule has 0 saturated carbocycles. The third-order valence-electron chi connectivity index (χ3n) is 3.39. The molecule has 0 spiro atoms. The highest BCUT2D eigenvalue weighted by molar-refractivity contribution is 5.96. The maximum Gasteiger partial charge on any atom is 0.248 e. The Morgan fingerprint density at radius 1 is 0.962 bits per heavy atom. The number of halogens is 1. The summed E-state index contributed by atoms with van der Waals surface area (Å²) in [6.45, 7) is -0.0569. The monoisotopic (exact) mass is 358 g/mol. The number of hydrogen-bond acceptors (Lipinski definition) is 4. The van der Waals surface area contributed by atoms with Gasteiger partial charge in [-0.1, -0.05) is 6.07 Å². The van der Waals surface area contributed by atoms with E-state index in [0.717, 1.165) is 0 Å². The molecule has 7 nitrogen and oxygen atoms in total. The molecule has 0 fully saturated rings. The molecule has 136 valence electrons. The SMILES string of the molecule is CN(CC(=O)Nc1ccc(C(N)=O)cc1)CC(=O)Nc1cccc(F)c1. The Morgan fingerprint density at radius 2 is 1.54 bits per heavy atom. The molecule has 2 rings (SSSR count). The van der Waals surface area contributed by atoms with Crippen LogP contribution in [0.4, 0.5) is 15.8 Å². The third kappa shape index (κ3) is 5.99. The van der Waals surface area contributed by atoms with Crippen LogP contribution in [0.15, 0.2) is 48.5 Å². The Morgan fingerprint density at radius 3 is 2.08 bits per heavy atom. The lowest BCUT2D eigenvalue weighted by Gasteiger charge is -2.16. The number of hydrogen-bond donors (Lipinski definition) is 3. The lowest BCUT2D eigenvalue weighted by atomic mass is 10.2. The van der Waals surface area contributed by atoms with E-state index < -0.39 is 11.7 Å². The molecule has 0 aliphatic rings. The van der Waals surface area contributed by atoms with Gasteiger partial charge in [-0.15, -0.1) is 0 Å². The summed E-state index contributed by atoms with van der Waals surface area (Å²) in [5.74, 6) is -1.68. The zero-order valence-corrected chi connectivity index (χ0v) is 14.2. The standard InChI is InChI=1S/C18H19FN4O3/c1-23(11-17(25)22-15-4-2-3-13(19)9-15)10-16(24)21-14-7-5-12(6-8-14)18(20)26/h2-9H,10-11H2,1H3,(H2,20,26)(H,21,24)(H,22,25).